The Morgan fingerprint density at radius 3 is 2.30 bits per heavy atom. The van der Waals surface area contributed by atoms with E-state index in [2.05, 4.69) is 15.6 Å². The van der Waals surface area contributed by atoms with Gasteiger partial charge in [-0.3, -0.25) is 9.59 Å². The highest BCUT2D eigenvalue weighted by molar-refractivity contribution is 6.00. The van der Waals surface area contributed by atoms with Gasteiger partial charge in [0.2, 0.25) is 0 Å². The number of aliphatic hydroxyl groups is 1. The largest absolute Gasteiger partial charge is 0.390 e. The first kappa shape index (κ1) is 31.8. The summed E-state index contributed by atoms with van der Waals surface area (Å²) in [4.78, 5) is 31.7. The first-order valence-electron chi connectivity index (χ1n) is 14.8. The summed E-state index contributed by atoms with van der Waals surface area (Å²) in [6, 6.07) is 15.3. The van der Waals surface area contributed by atoms with Crippen LogP contribution in [0.25, 0.3) is 10.9 Å². The number of aliphatic hydroxyl groups excluding tert-OH is 1. The van der Waals surface area contributed by atoms with E-state index < -0.39 is 29.7 Å². The molecular weight excluding hydrogens is 550 g/mol. The zero-order valence-corrected chi connectivity index (χ0v) is 24.9. The number of aromatic amines is 1. The summed E-state index contributed by atoms with van der Waals surface area (Å²) >= 11 is 0. The van der Waals surface area contributed by atoms with Crippen LogP contribution in [0.3, 0.4) is 0 Å². The molecule has 0 saturated heterocycles. The Hall–Kier alpha value is -4.08. The Kier molecular flexibility index (Phi) is 11.0. The number of aromatic nitrogens is 1. The number of fused-ring (bicyclic) bond motifs is 1. The van der Waals surface area contributed by atoms with E-state index >= 15 is 0 Å². The van der Waals surface area contributed by atoms with E-state index in [1.54, 1.807) is 23.1 Å². The van der Waals surface area contributed by atoms with Gasteiger partial charge < -0.3 is 25.6 Å². The Balaban J connectivity index is 1.51. The molecule has 0 aliphatic carbocycles. The van der Waals surface area contributed by atoms with Crippen LogP contribution in [0.5, 0.6) is 0 Å². The molecule has 0 aliphatic rings. The van der Waals surface area contributed by atoms with Crippen LogP contribution in [0, 0.1) is 18.6 Å². The molecule has 4 N–H and O–H groups in total. The number of carbonyl (C=O) groups is 2. The van der Waals surface area contributed by atoms with Gasteiger partial charge in [0.15, 0.2) is 0 Å². The van der Waals surface area contributed by atoms with E-state index in [4.69, 9.17) is 0 Å². The lowest BCUT2D eigenvalue weighted by atomic mass is 9.99. The Morgan fingerprint density at radius 2 is 1.60 bits per heavy atom. The summed E-state index contributed by atoms with van der Waals surface area (Å²) in [5, 5.41) is 18.3. The lowest BCUT2D eigenvalue weighted by Crippen LogP contribution is -2.48. The number of carbonyl (C=O) groups excluding carboxylic acids is 2. The molecule has 0 bridgehead atoms. The van der Waals surface area contributed by atoms with Gasteiger partial charge in [-0.05, 0) is 90.7 Å². The van der Waals surface area contributed by atoms with Gasteiger partial charge in [-0.2, -0.15) is 0 Å². The average molecular weight is 591 g/mol. The van der Waals surface area contributed by atoms with Crippen LogP contribution in [0.2, 0.25) is 0 Å². The number of halogens is 2. The number of amides is 2. The third-order valence-electron chi connectivity index (χ3n) is 7.32. The summed E-state index contributed by atoms with van der Waals surface area (Å²) in [6.45, 7) is 7.65. The second-order valence-corrected chi connectivity index (χ2v) is 11.0. The molecule has 0 saturated carbocycles. The molecule has 3 aromatic carbocycles. The maximum absolute atomic E-state index is 14.0. The first-order chi connectivity index (χ1) is 20.7. The predicted molar refractivity (Wildman–Crippen MR) is 165 cm³/mol. The fraction of sp³-hybridized carbons (Fsp3) is 0.353. The second-order valence-electron chi connectivity index (χ2n) is 11.0. The molecule has 0 unspecified atom stereocenters. The van der Waals surface area contributed by atoms with Crippen molar-refractivity contribution in [1.29, 1.82) is 0 Å². The van der Waals surface area contributed by atoms with E-state index in [9.17, 15) is 23.5 Å². The third kappa shape index (κ3) is 8.72. The molecule has 2 atom stereocenters. The summed E-state index contributed by atoms with van der Waals surface area (Å²) in [5.41, 5.74) is 3.74. The van der Waals surface area contributed by atoms with Crippen LogP contribution in [0.15, 0.2) is 66.9 Å². The number of nitrogens with zero attached hydrogens (tertiary/aromatic N) is 1. The van der Waals surface area contributed by atoms with Crippen LogP contribution in [0.4, 0.5) is 8.78 Å². The lowest BCUT2D eigenvalue weighted by molar-refractivity contribution is 0.0755. The number of H-pyrrole nitrogens is 1. The SMILES string of the molecule is CCCN(CCC)C(=O)c1cc(C)cc(C(=O)N[C@@H](Cc2cc(F)cc(F)c2)[C@H](O)CNCc2ccc3cc[nH]c3c2)c1. The summed E-state index contributed by atoms with van der Waals surface area (Å²) in [7, 11) is 0. The number of nitrogens with one attached hydrogen (secondary N) is 3. The molecule has 4 aromatic rings. The molecular formula is C34H40F2N4O3. The Bertz CT molecular complexity index is 1530. The number of rotatable bonds is 14. The van der Waals surface area contributed by atoms with Crippen LogP contribution < -0.4 is 10.6 Å². The molecule has 43 heavy (non-hydrogen) atoms. The monoisotopic (exact) mass is 590 g/mol. The minimum absolute atomic E-state index is 0.00389. The molecule has 0 fully saturated rings. The molecule has 1 aromatic heterocycles. The van der Waals surface area contributed by atoms with Crippen molar-refractivity contribution in [2.75, 3.05) is 19.6 Å². The molecule has 2 amide bonds. The van der Waals surface area contributed by atoms with E-state index in [0.717, 1.165) is 40.9 Å². The van der Waals surface area contributed by atoms with Gasteiger partial charge in [-0.1, -0.05) is 26.0 Å². The Labute approximate surface area is 251 Å². The topological polar surface area (TPSA) is 97.5 Å². The van der Waals surface area contributed by atoms with Crippen molar-refractivity contribution in [3.8, 4) is 0 Å². The second kappa shape index (κ2) is 14.9. The van der Waals surface area contributed by atoms with Gasteiger partial charge in [0, 0.05) is 55.1 Å². The van der Waals surface area contributed by atoms with Gasteiger partial charge in [0.1, 0.15) is 11.6 Å². The standard InChI is InChI=1S/C34H40F2N4O3/c1-4-10-40(11-5-2)34(43)27-13-22(3)12-26(18-27)33(42)39-31(17-24-14-28(35)19-29(36)15-24)32(41)21-37-20-23-6-7-25-8-9-38-30(25)16-23/h6-9,12-16,18-19,31-32,37-38,41H,4-5,10-11,17,20-21H2,1-3H3,(H,39,42)/t31-,32+/m0/s1. The fourth-order valence-electron chi connectivity index (χ4n) is 5.30. The van der Waals surface area contributed by atoms with Gasteiger partial charge in [-0.15, -0.1) is 0 Å². The minimum atomic E-state index is -1.08. The minimum Gasteiger partial charge on any atom is -0.390 e. The van der Waals surface area contributed by atoms with Crippen molar-refractivity contribution >= 4 is 22.7 Å². The average Bonchev–Trinajstić information content (AvgIpc) is 3.43. The molecule has 0 spiro atoms. The van der Waals surface area contributed by atoms with Crippen LogP contribution in [0.1, 0.15) is 64.1 Å². The van der Waals surface area contributed by atoms with E-state index in [1.807, 2.05) is 51.2 Å². The summed E-state index contributed by atoms with van der Waals surface area (Å²) in [6.07, 6.45) is 2.42. The van der Waals surface area contributed by atoms with Crippen LogP contribution >= 0.6 is 0 Å². The quantitative estimate of drug-likeness (QED) is 0.156. The highest BCUT2D eigenvalue weighted by atomic mass is 19.1. The van der Waals surface area contributed by atoms with Crippen molar-refractivity contribution in [3.63, 3.8) is 0 Å². The van der Waals surface area contributed by atoms with Gasteiger partial charge in [0.05, 0.1) is 12.1 Å². The number of hydrogen-bond acceptors (Lipinski definition) is 4. The van der Waals surface area contributed by atoms with Gasteiger partial charge >= 0.3 is 0 Å². The van der Waals surface area contributed by atoms with Crippen molar-refractivity contribution in [3.05, 3.63) is 106 Å². The maximum Gasteiger partial charge on any atom is 0.253 e. The number of benzene rings is 3. The van der Waals surface area contributed by atoms with Crippen LogP contribution in [-0.2, 0) is 13.0 Å². The molecule has 228 valence electrons. The van der Waals surface area contributed by atoms with Crippen LogP contribution in [-0.4, -0.2) is 58.6 Å². The van der Waals surface area contributed by atoms with Crippen molar-refractivity contribution in [1.82, 2.24) is 20.5 Å². The zero-order chi connectivity index (χ0) is 30.9. The molecule has 9 heteroatoms. The van der Waals surface area contributed by atoms with E-state index in [0.29, 0.717) is 30.8 Å². The maximum atomic E-state index is 14.0. The highest BCUT2D eigenvalue weighted by Crippen LogP contribution is 2.17. The Morgan fingerprint density at radius 1 is 0.907 bits per heavy atom. The third-order valence-corrected chi connectivity index (χ3v) is 7.32. The first-order valence-corrected chi connectivity index (χ1v) is 14.8. The zero-order valence-electron chi connectivity index (χ0n) is 24.9. The van der Waals surface area contributed by atoms with Gasteiger partial charge in [0.25, 0.3) is 11.8 Å². The molecule has 0 radical (unpaired) electrons. The van der Waals surface area contributed by atoms with Gasteiger partial charge in [-0.25, -0.2) is 8.78 Å². The van der Waals surface area contributed by atoms with Crippen molar-refractivity contribution < 1.29 is 23.5 Å². The molecule has 1 heterocycles. The molecule has 0 aliphatic heterocycles. The lowest BCUT2D eigenvalue weighted by Gasteiger charge is -2.25. The summed E-state index contributed by atoms with van der Waals surface area (Å²) < 4.78 is 28.0. The van der Waals surface area contributed by atoms with Crippen molar-refractivity contribution in [2.24, 2.45) is 0 Å². The number of hydrogen-bond donors (Lipinski definition) is 4. The smallest absolute Gasteiger partial charge is 0.253 e. The van der Waals surface area contributed by atoms with E-state index in [1.165, 1.54) is 12.1 Å². The number of aryl methyl sites for hydroxylation is 1. The highest BCUT2D eigenvalue weighted by Gasteiger charge is 2.24. The molecule has 7 nitrogen and oxygen atoms in total. The molecule has 4 rings (SSSR count). The summed E-state index contributed by atoms with van der Waals surface area (Å²) in [5.74, 6) is -2.11. The predicted octanol–water partition coefficient (Wildman–Crippen LogP) is 5.51. The normalized spacial score (nSPS) is 12.7. The van der Waals surface area contributed by atoms with Crippen molar-refractivity contribution in [2.45, 2.75) is 58.7 Å². The van der Waals surface area contributed by atoms with E-state index in [-0.39, 0.29) is 24.4 Å². The fourth-order valence-corrected chi connectivity index (χ4v) is 5.30.